The highest BCUT2D eigenvalue weighted by Crippen LogP contribution is 2.69. The van der Waals surface area contributed by atoms with Crippen molar-refractivity contribution < 1.29 is 33.0 Å². The van der Waals surface area contributed by atoms with E-state index in [0.29, 0.717) is 39.7 Å². The number of thioether (sulfide) groups is 1. The van der Waals surface area contributed by atoms with Gasteiger partial charge < -0.3 is 19.8 Å². The molecule has 10 nitrogen and oxygen atoms in total. The van der Waals surface area contributed by atoms with Crippen LogP contribution < -0.4 is 19.8 Å². The smallest absolute Gasteiger partial charge is 0.338 e. The predicted molar refractivity (Wildman–Crippen MR) is 185 cm³/mol. The molecule has 0 unspecified atom stereocenters. The number of fused-ring (bicyclic) bond motifs is 9. The van der Waals surface area contributed by atoms with Crippen molar-refractivity contribution in [2.24, 2.45) is 29.6 Å². The molecule has 2 aliphatic heterocycles. The summed E-state index contributed by atoms with van der Waals surface area (Å²) in [5, 5.41) is 3.77. The van der Waals surface area contributed by atoms with Gasteiger partial charge >= 0.3 is 10.8 Å². The largest absolute Gasteiger partial charge is 0.483 e. The molecule has 0 radical (unpaired) electrons. The quantitative estimate of drug-likeness (QED) is 0.164. The van der Waals surface area contributed by atoms with E-state index in [2.05, 4.69) is 10.3 Å². The summed E-state index contributed by atoms with van der Waals surface area (Å²) in [6.07, 6.45) is 0.678. The molecule has 3 heterocycles. The molecule has 2 N–H and O–H groups in total. The first-order valence-corrected chi connectivity index (χ1v) is 18.2. The molecule has 2 aliphatic carbocycles. The van der Waals surface area contributed by atoms with E-state index in [0.717, 1.165) is 21.2 Å². The molecule has 14 heteroatoms. The number of ether oxygens (including phenoxy) is 2. The number of thiazole rings is 1. The van der Waals surface area contributed by atoms with Crippen LogP contribution in [0.4, 0.5) is 15.8 Å². The van der Waals surface area contributed by atoms with Crippen LogP contribution in [0.15, 0.2) is 76.6 Å². The van der Waals surface area contributed by atoms with Gasteiger partial charge in [0.1, 0.15) is 11.6 Å². The molecular formula is C36H29ClFN3O7S2. The molecular weight excluding hydrogens is 705 g/mol. The Morgan fingerprint density at radius 1 is 1.00 bits per heavy atom. The molecule has 1 saturated heterocycles. The molecule has 0 spiro atoms. The molecule has 3 aromatic carbocycles. The number of imide groups is 1. The number of halogens is 2. The van der Waals surface area contributed by atoms with Gasteiger partial charge in [0.25, 0.3) is 5.91 Å². The number of esters is 1. The maximum absolute atomic E-state index is 14.2. The lowest BCUT2D eigenvalue weighted by atomic mass is 9.68. The molecule has 3 amide bonds. The monoisotopic (exact) mass is 733 g/mol. The Morgan fingerprint density at radius 3 is 2.44 bits per heavy atom. The highest BCUT2D eigenvalue weighted by molar-refractivity contribution is 8.00. The van der Waals surface area contributed by atoms with Gasteiger partial charge in [0, 0.05) is 32.3 Å². The number of hydrogen-bond donors (Lipinski definition) is 2. The number of aromatic amines is 1. The minimum Gasteiger partial charge on any atom is -0.483 e. The number of amides is 3. The van der Waals surface area contributed by atoms with Crippen LogP contribution in [-0.2, 0) is 19.1 Å². The van der Waals surface area contributed by atoms with Gasteiger partial charge in [-0.1, -0.05) is 22.9 Å². The minimum absolute atomic E-state index is 0.0829. The van der Waals surface area contributed by atoms with Gasteiger partial charge in [0.2, 0.25) is 11.8 Å². The normalized spacial score (nSPS) is 26.0. The van der Waals surface area contributed by atoms with E-state index in [1.54, 1.807) is 61.2 Å². The van der Waals surface area contributed by atoms with Crippen LogP contribution in [0.3, 0.4) is 0 Å². The second kappa shape index (κ2) is 12.7. The lowest BCUT2D eigenvalue weighted by Gasteiger charge is -2.43. The molecule has 256 valence electrons. The highest BCUT2D eigenvalue weighted by Gasteiger charge is 2.70. The number of hydrogen-bond acceptors (Lipinski definition) is 9. The topological polar surface area (TPSA) is 135 Å². The molecule has 1 aromatic heterocycles. The van der Waals surface area contributed by atoms with E-state index in [1.165, 1.54) is 29.2 Å². The Bertz CT molecular complexity index is 2100. The van der Waals surface area contributed by atoms with E-state index in [1.807, 2.05) is 0 Å². The Kier molecular flexibility index (Phi) is 8.31. The second-order valence-corrected chi connectivity index (χ2v) is 15.4. The third kappa shape index (κ3) is 5.42. The van der Waals surface area contributed by atoms with Crippen molar-refractivity contribution in [1.82, 2.24) is 4.98 Å². The average molecular weight is 734 g/mol. The third-order valence-electron chi connectivity index (χ3n) is 10.2. The van der Waals surface area contributed by atoms with Gasteiger partial charge in [-0.2, -0.15) is 0 Å². The number of H-pyrrole nitrogens is 1. The van der Waals surface area contributed by atoms with E-state index < -0.39 is 35.4 Å². The SMILES string of the molecule is CCOC(=O)c1ccc(N2C(=O)[C@H]3[C@H]4C[C@@H]([C@@H]3C2=O)[C@@H]2[C@H](c3cc(Cl)ccc3OCC(=O)Nc3ccc(F)cc3)c3sc(=O)[nH]c3S[C@H]42)cc1. The fourth-order valence-corrected chi connectivity index (χ4v) is 11.4. The summed E-state index contributed by atoms with van der Waals surface area (Å²) in [5.74, 6) is -3.37. The second-order valence-electron chi connectivity index (χ2n) is 12.8. The number of carbonyl (C=O) groups is 4. The van der Waals surface area contributed by atoms with Crippen molar-refractivity contribution in [2.75, 3.05) is 23.4 Å². The van der Waals surface area contributed by atoms with Gasteiger partial charge in [-0.3, -0.25) is 24.1 Å². The molecule has 4 aliphatic rings. The molecule has 50 heavy (non-hydrogen) atoms. The molecule has 8 rings (SSSR count). The van der Waals surface area contributed by atoms with Gasteiger partial charge in [-0.25, -0.2) is 9.18 Å². The van der Waals surface area contributed by atoms with Crippen molar-refractivity contribution >= 4 is 69.8 Å². The summed E-state index contributed by atoms with van der Waals surface area (Å²) in [6.45, 7) is 1.60. The van der Waals surface area contributed by atoms with Gasteiger partial charge in [-0.05, 0) is 97.8 Å². The van der Waals surface area contributed by atoms with Crippen LogP contribution in [0.25, 0.3) is 0 Å². The first-order valence-electron chi connectivity index (χ1n) is 16.1. The lowest BCUT2D eigenvalue weighted by Crippen LogP contribution is -2.42. The van der Waals surface area contributed by atoms with Crippen LogP contribution in [0, 0.1) is 35.4 Å². The fraction of sp³-hybridized carbons (Fsp3) is 0.306. The molecule has 2 bridgehead atoms. The van der Waals surface area contributed by atoms with Crippen LogP contribution in [0.2, 0.25) is 5.02 Å². The van der Waals surface area contributed by atoms with E-state index in [9.17, 15) is 28.4 Å². The number of benzene rings is 3. The number of aromatic nitrogens is 1. The van der Waals surface area contributed by atoms with Crippen molar-refractivity contribution in [3.8, 4) is 5.75 Å². The average Bonchev–Trinajstić information content (AvgIpc) is 3.84. The highest BCUT2D eigenvalue weighted by atomic mass is 35.5. The van der Waals surface area contributed by atoms with Crippen LogP contribution >= 0.6 is 34.7 Å². The van der Waals surface area contributed by atoms with Crippen molar-refractivity contribution in [3.05, 3.63) is 103 Å². The molecule has 2 saturated carbocycles. The van der Waals surface area contributed by atoms with Crippen LogP contribution in [0.5, 0.6) is 5.75 Å². The van der Waals surface area contributed by atoms with Crippen molar-refractivity contribution in [1.29, 1.82) is 0 Å². The number of nitrogens with one attached hydrogen (secondary N) is 2. The summed E-state index contributed by atoms with van der Waals surface area (Å²) >= 11 is 9.23. The first-order chi connectivity index (χ1) is 24.1. The summed E-state index contributed by atoms with van der Waals surface area (Å²) in [4.78, 5) is 70.9. The standard InChI is InChI=1S/C36H29ClFN3O7S2/c1-2-47-35(45)16-3-10-20(11-4-16)41-33(43)28-22-14-23(29(28)34(41)44)30-27(22)26(31-32(49-30)40-36(46)50-31)21-13-17(37)5-12-24(21)48-15-25(42)39-19-8-6-18(38)7-9-19/h3-13,22-23,26-30H,2,14-15H2,1H3,(H,39,42)(H,40,46)/t22-,23-,26+,27-,28+,29+,30-/m1/s1. The maximum Gasteiger partial charge on any atom is 0.338 e. The minimum atomic E-state index is -0.552. The van der Waals surface area contributed by atoms with E-state index in [4.69, 9.17) is 21.1 Å². The number of carbonyl (C=O) groups excluding carboxylic acids is 4. The number of anilines is 2. The predicted octanol–water partition coefficient (Wildman–Crippen LogP) is 6.10. The molecule has 4 aromatic rings. The van der Waals surface area contributed by atoms with Crippen molar-refractivity contribution in [3.63, 3.8) is 0 Å². The zero-order valence-electron chi connectivity index (χ0n) is 26.4. The maximum atomic E-state index is 14.2. The van der Waals surface area contributed by atoms with E-state index in [-0.39, 0.29) is 52.9 Å². The zero-order chi connectivity index (χ0) is 34.8. The number of rotatable bonds is 8. The van der Waals surface area contributed by atoms with Crippen molar-refractivity contribution in [2.45, 2.75) is 29.5 Å². The third-order valence-corrected chi connectivity index (χ3v) is 13.0. The summed E-state index contributed by atoms with van der Waals surface area (Å²) < 4.78 is 24.5. The van der Waals surface area contributed by atoms with Gasteiger partial charge in [0.05, 0.1) is 34.7 Å². The zero-order valence-corrected chi connectivity index (χ0v) is 28.8. The number of nitrogens with zero attached hydrogens (tertiary/aromatic N) is 1. The Morgan fingerprint density at radius 2 is 1.72 bits per heavy atom. The Labute approximate surface area is 298 Å². The Hall–Kier alpha value is -4.46. The van der Waals surface area contributed by atoms with Crippen LogP contribution in [0.1, 0.15) is 40.1 Å². The van der Waals surface area contributed by atoms with E-state index >= 15 is 0 Å². The van der Waals surface area contributed by atoms with Gasteiger partial charge in [0.15, 0.2) is 6.61 Å². The Balaban J connectivity index is 1.11. The lowest BCUT2D eigenvalue weighted by molar-refractivity contribution is -0.123. The fourth-order valence-electron chi connectivity index (χ4n) is 8.35. The first kappa shape index (κ1) is 32.7. The van der Waals surface area contributed by atoms with Gasteiger partial charge in [-0.15, -0.1) is 11.8 Å². The summed E-state index contributed by atoms with van der Waals surface area (Å²) in [7, 11) is 0. The van der Waals surface area contributed by atoms with Crippen LogP contribution in [-0.4, -0.2) is 47.1 Å². The summed E-state index contributed by atoms with van der Waals surface area (Å²) in [6, 6.07) is 16.8. The molecule has 3 fully saturated rings. The molecule has 7 atom stereocenters. The summed E-state index contributed by atoms with van der Waals surface area (Å²) in [5.41, 5.74) is 1.84.